The highest BCUT2D eigenvalue weighted by atomic mass is 16.5. The van der Waals surface area contributed by atoms with Gasteiger partial charge in [0.15, 0.2) is 0 Å². The zero-order valence-corrected chi connectivity index (χ0v) is 10.8. The van der Waals surface area contributed by atoms with Crippen LogP contribution in [0.3, 0.4) is 0 Å². The van der Waals surface area contributed by atoms with E-state index in [0.29, 0.717) is 12.3 Å². The van der Waals surface area contributed by atoms with Crippen molar-refractivity contribution in [1.29, 1.82) is 5.26 Å². The van der Waals surface area contributed by atoms with Crippen molar-refractivity contribution in [3.63, 3.8) is 0 Å². The van der Waals surface area contributed by atoms with Gasteiger partial charge in [-0.2, -0.15) is 5.26 Å². The lowest BCUT2D eigenvalue weighted by molar-refractivity contribution is 0.340. The Balaban J connectivity index is 2.40. The summed E-state index contributed by atoms with van der Waals surface area (Å²) in [5.74, 6) is 1.64. The largest absolute Gasteiger partial charge is 0.494 e. The van der Waals surface area contributed by atoms with E-state index in [9.17, 15) is 0 Å². The summed E-state index contributed by atoms with van der Waals surface area (Å²) in [6, 6.07) is 9.89. The van der Waals surface area contributed by atoms with E-state index in [1.54, 1.807) is 0 Å². The summed E-state index contributed by atoms with van der Waals surface area (Å²) < 4.78 is 7.21. The molecule has 1 aromatic heterocycles. The molecule has 0 fully saturated rings. The first kappa shape index (κ1) is 12.2. The molecule has 0 aliphatic carbocycles. The van der Waals surface area contributed by atoms with Gasteiger partial charge < -0.3 is 9.30 Å². The lowest BCUT2D eigenvalue weighted by Crippen LogP contribution is -1.96. The van der Waals surface area contributed by atoms with Crippen molar-refractivity contribution in [3.8, 4) is 23.2 Å². The van der Waals surface area contributed by atoms with E-state index in [2.05, 4.69) is 11.1 Å². The van der Waals surface area contributed by atoms with E-state index in [0.717, 1.165) is 22.8 Å². The molecule has 0 aliphatic heterocycles. The number of ether oxygens (including phenoxy) is 1. The van der Waals surface area contributed by atoms with Crippen LogP contribution < -0.4 is 4.74 Å². The van der Waals surface area contributed by atoms with Gasteiger partial charge in [0, 0.05) is 12.6 Å². The highest BCUT2D eigenvalue weighted by molar-refractivity contribution is 5.59. The second-order valence-corrected chi connectivity index (χ2v) is 4.00. The number of rotatable bonds is 3. The van der Waals surface area contributed by atoms with Crippen molar-refractivity contribution in [1.82, 2.24) is 9.55 Å². The molecule has 0 N–H and O–H groups in total. The van der Waals surface area contributed by atoms with Gasteiger partial charge in [0.25, 0.3) is 0 Å². The number of aromatic nitrogens is 2. The fourth-order valence-electron chi connectivity index (χ4n) is 1.92. The van der Waals surface area contributed by atoms with E-state index in [-0.39, 0.29) is 0 Å². The lowest BCUT2D eigenvalue weighted by Gasteiger charge is -2.05. The molecule has 0 aliphatic rings. The summed E-state index contributed by atoms with van der Waals surface area (Å²) in [7, 11) is 1.85. The minimum absolute atomic E-state index is 0.596. The van der Waals surface area contributed by atoms with Crippen LogP contribution in [0.2, 0.25) is 0 Å². The van der Waals surface area contributed by atoms with Crippen LogP contribution in [0, 0.1) is 18.3 Å². The molecule has 2 rings (SSSR count). The van der Waals surface area contributed by atoms with Gasteiger partial charge in [-0.05, 0) is 38.1 Å². The Labute approximate surface area is 106 Å². The molecule has 1 heterocycles. The van der Waals surface area contributed by atoms with E-state index in [1.807, 2.05) is 49.7 Å². The van der Waals surface area contributed by atoms with Gasteiger partial charge in [0.2, 0.25) is 0 Å². The Morgan fingerprint density at radius 1 is 1.33 bits per heavy atom. The third-order valence-electron chi connectivity index (χ3n) is 2.80. The Hall–Kier alpha value is -2.28. The summed E-state index contributed by atoms with van der Waals surface area (Å²) in [5, 5.41) is 9.04. The Morgan fingerprint density at radius 3 is 2.50 bits per heavy atom. The van der Waals surface area contributed by atoms with Crippen molar-refractivity contribution < 1.29 is 4.74 Å². The van der Waals surface area contributed by atoms with Crippen LogP contribution >= 0.6 is 0 Å². The van der Waals surface area contributed by atoms with E-state index < -0.39 is 0 Å². The van der Waals surface area contributed by atoms with Crippen molar-refractivity contribution in [2.45, 2.75) is 13.8 Å². The molecule has 0 spiro atoms. The SMILES string of the molecule is CCOc1ccc(-c2nc(C)c(C#N)n2C)cc1. The molecule has 0 amide bonds. The van der Waals surface area contributed by atoms with Crippen molar-refractivity contribution in [3.05, 3.63) is 35.7 Å². The first-order valence-electron chi connectivity index (χ1n) is 5.84. The first-order chi connectivity index (χ1) is 8.67. The van der Waals surface area contributed by atoms with Gasteiger partial charge in [-0.1, -0.05) is 0 Å². The van der Waals surface area contributed by atoms with Crippen molar-refractivity contribution in [2.75, 3.05) is 6.61 Å². The molecular formula is C14H15N3O. The van der Waals surface area contributed by atoms with Crippen LogP contribution in [0.1, 0.15) is 18.3 Å². The molecule has 0 atom stereocenters. The number of hydrogen-bond donors (Lipinski definition) is 0. The molecule has 18 heavy (non-hydrogen) atoms. The molecule has 4 heteroatoms. The minimum atomic E-state index is 0.596. The van der Waals surface area contributed by atoms with Crippen LogP contribution in [-0.4, -0.2) is 16.2 Å². The molecule has 2 aromatic rings. The topological polar surface area (TPSA) is 50.8 Å². The average Bonchev–Trinajstić information content (AvgIpc) is 2.66. The summed E-state index contributed by atoms with van der Waals surface area (Å²) in [6.07, 6.45) is 0. The molecule has 4 nitrogen and oxygen atoms in total. The molecular weight excluding hydrogens is 226 g/mol. The molecule has 0 radical (unpaired) electrons. The van der Waals surface area contributed by atoms with Gasteiger partial charge in [-0.15, -0.1) is 0 Å². The monoisotopic (exact) mass is 241 g/mol. The van der Waals surface area contributed by atoms with Crippen molar-refractivity contribution >= 4 is 0 Å². The third kappa shape index (κ3) is 2.07. The second kappa shape index (κ2) is 4.92. The van der Waals surface area contributed by atoms with Crippen molar-refractivity contribution in [2.24, 2.45) is 7.05 Å². The first-order valence-corrected chi connectivity index (χ1v) is 5.84. The maximum absolute atomic E-state index is 9.04. The van der Waals surface area contributed by atoms with E-state index >= 15 is 0 Å². The summed E-state index contributed by atoms with van der Waals surface area (Å²) in [6.45, 7) is 4.45. The quantitative estimate of drug-likeness (QED) is 0.830. The second-order valence-electron chi connectivity index (χ2n) is 4.00. The van der Waals surface area contributed by atoms with Gasteiger partial charge in [0.05, 0.1) is 12.3 Å². The summed E-state index contributed by atoms with van der Waals surface area (Å²) >= 11 is 0. The zero-order valence-electron chi connectivity index (χ0n) is 10.8. The number of benzene rings is 1. The molecule has 0 unspecified atom stereocenters. The highest BCUT2D eigenvalue weighted by Crippen LogP contribution is 2.23. The smallest absolute Gasteiger partial charge is 0.143 e. The fraction of sp³-hybridized carbons (Fsp3) is 0.286. The van der Waals surface area contributed by atoms with Gasteiger partial charge in [0.1, 0.15) is 23.3 Å². The zero-order chi connectivity index (χ0) is 13.1. The minimum Gasteiger partial charge on any atom is -0.494 e. The molecule has 0 bridgehead atoms. The molecule has 0 saturated carbocycles. The number of aryl methyl sites for hydroxylation is 1. The number of nitrogens with zero attached hydrogens (tertiary/aromatic N) is 3. The Kier molecular flexibility index (Phi) is 3.33. The molecule has 1 aromatic carbocycles. The van der Waals surface area contributed by atoms with E-state index in [4.69, 9.17) is 10.00 Å². The number of nitriles is 1. The number of imidazole rings is 1. The lowest BCUT2D eigenvalue weighted by atomic mass is 10.2. The predicted molar refractivity (Wildman–Crippen MR) is 69.3 cm³/mol. The van der Waals surface area contributed by atoms with Gasteiger partial charge in [-0.3, -0.25) is 0 Å². The Bertz CT molecular complexity index is 591. The summed E-state index contributed by atoms with van der Waals surface area (Å²) in [5.41, 5.74) is 2.33. The fourth-order valence-corrected chi connectivity index (χ4v) is 1.92. The maximum Gasteiger partial charge on any atom is 0.143 e. The highest BCUT2D eigenvalue weighted by Gasteiger charge is 2.12. The standard InChI is InChI=1S/C14H15N3O/c1-4-18-12-7-5-11(6-8-12)14-16-10(2)13(9-15)17(14)3/h5-8H,4H2,1-3H3. The Morgan fingerprint density at radius 2 is 2.00 bits per heavy atom. The molecule has 92 valence electrons. The van der Waals surface area contributed by atoms with Gasteiger partial charge in [-0.25, -0.2) is 4.98 Å². The predicted octanol–water partition coefficient (Wildman–Crippen LogP) is 2.67. The van der Waals surface area contributed by atoms with Crippen LogP contribution in [0.15, 0.2) is 24.3 Å². The third-order valence-corrected chi connectivity index (χ3v) is 2.80. The van der Waals surface area contributed by atoms with Crippen LogP contribution in [-0.2, 0) is 7.05 Å². The normalized spacial score (nSPS) is 10.1. The summed E-state index contributed by atoms with van der Waals surface area (Å²) in [4.78, 5) is 4.43. The van der Waals surface area contributed by atoms with Gasteiger partial charge >= 0.3 is 0 Å². The van der Waals surface area contributed by atoms with E-state index in [1.165, 1.54) is 0 Å². The van der Waals surface area contributed by atoms with Crippen LogP contribution in [0.5, 0.6) is 5.75 Å². The molecule has 0 saturated heterocycles. The number of hydrogen-bond acceptors (Lipinski definition) is 3. The van der Waals surface area contributed by atoms with Crippen LogP contribution in [0.4, 0.5) is 0 Å². The average molecular weight is 241 g/mol. The maximum atomic E-state index is 9.04. The van der Waals surface area contributed by atoms with Crippen LogP contribution in [0.25, 0.3) is 11.4 Å².